The number of ketones is 6. The highest BCUT2D eigenvalue weighted by Gasteiger charge is 2.35. The van der Waals surface area contributed by atoms with Crippen LogP contribution in [-0.2, 0) is 33.5 Å². The zero-order valence-corrected chi connectivity index (χ0v) is 55.4. The van der Waals surface area contributed by atoms with E-state index in [1.54, 1.807) is 44.6 Å². The van der Waals surface area contributed by atoms with E-state index in [1.165, 1.54) is 24.3 Å². The predicted molar refractivity (Wildman–Crippen MR) is 351 cm³/mol. The van der Waals surface area contributed by atoms with Crippen molar-refractivity contribution < 1.29 is 67.3 Å². The number of aromatic carboxylic acids is 1. The van der Waals surface area contributed by atoms with Gasteiger partial charge in [-0.05, 0) is 124 Å². The molecule has 0 aliphatic heterocycles. The SMILES string of the molecule is COc1cccc2[nH]c(C(=O)C[C@@H](CC(C)C)C(=O)N[C@@H](C[C@@H]3CCCCC3=O)C(=O)CCl)cc12.COc1cccc2[nH]c(C(=O)C[C@@H](CC(C)C)C(=O)N[C@@H](C[C@@H]3CCCCC3=O)C(=O)COC(=O)c3c(Cl)cccc3Cl)cc12.O=C(O)c1c(Cl)cccc1Cl. The third-order valence-corrected chi connectivity index (χ3v) is 17.6. The van der Waals surface area contributed by atoms with E-state index in [2.05, 4.69) is 20.6 Å². The maximum Gasteiger partial charge on any atom is 0.341 e. The molecule has 0 radical (unpaired) electrons. The van der Waals surface area contributed by atoms with Crippen LogP contribution in [0.15, 0.2) is 84.9 Å². The average molecular weight is 1350 g/mol. The number of halogens is 5. The Balaban J connectivity index is 0.000000253. The van der Waals surface area contributed by atoms with Gasteiger partial charge in [0.2, 0.25) is 11.8 Å². The molecule has 2 amide bonds. The third-order valence-electron chi connectivity index (χ3n) is 16.0. The number of benzene rings is 4. The van der Waals surface area contributed by atoms with Gasteiger partial charge in [0, 0.05) is 71.2 Å². The molecule has 0 bridgehead atoms. The van der Waals surface area contributed by atoms with Crippen molar-refractivity contribution in [3.8, 4) is 11.5 Å². The molecule has 6 aromatic rings. The molecular formula is C68H77Cl5N4O14. The molecule has 8 rings (SSSR count). The van der Waals surface area contributed by atoms with E-state index in [4.69, 9.17) is 77.3 Å². The van der Waals surface area contributed by atoms with Gasteiger partial charge in [0.25, 0.3) is 0 Å². The third kappa shape index (κ3) is 20.7. The summed E-state index contributed by atoms with van der Waals surface area (Å²) in [5, 5.41) is 16.2. The monoisotopic (exact) mass is 1350 g/mol. The van der Waals surface area contributed by atoms with Crippen LogP contribution in [0.2, 0.25) is 20.1 Å². The summed E-state index contributed by atoms with van der Waals surface area (Å²) in [4.78, 5) is 134. The molecular weight excluding hydrogens is 1270 g/mol. The van der Waals surface area contributed by atoms with Crippen LogP contribution >= 0.6 is 58.0 Å². The van der Waals surface area contributed by atoms with E-state index < -0.39 is 60.1 Å². The Hall–Kier alpha value is -7.09. The highest BCUT2D eigenvalue weighted by molar-refractivity contribution is 6.40. The van der Waals surface area contributed by atoms with Gasteiger partial charge in [-0.15, -0.1) is 11.6 Å². The minimum atomic E-state index is -1.11. The molecule has 2 aromatic heterocycles. The molecule has 2 aliphatic rings. The predicted octanol–water partition coefficient (Wildman–Crippen LogP) is 14.3. The zero-order valence-electron chi connectivity index (χ0n) is 51.7. The number of H-pyrrole nitrogens is 2. The molecule has 23 heteroatoms. The molecule has 91 heavy (non-hydrogen) atoms. The summed E-state index contributed by atoms with van der Waals surface area (Å²) in [5.74, 6) is -4.69. The number of hydrogen-bond donors (Lipinski definition) is 5. The second-order valence-corrected chi connectivity index (χ2v) is 25.6. The van der Waals surface area contributed by atoms with Crippen LogP contribution in [0.5, 0.6) is 11.5 Å². The normalized spacial score (nSPS) is 16.1. The van der Waals surface area contributed by atoms with Crippen molar-refractivity contribution in [2.75, 3.05) is 26.7 Å². The number of carboxylic acids is 1. The fourth-order valence-corrected chi connectivity index (χ4v) is 12.7. The number of nitrogens with one attached hydrogen (secondary N) is 4. The largest absolute Gasteiger partial charge is 0.496 e. The smallest absolute Gasteiger partial charge is 0.341 e. The van der Waals surface area contributed by atoms with Crippen LogP contribution in [0.1, 0.15) is 159 Å². The van der Waals surface area contributed by atoms with Gasteiger partial charge in [-0.2, -0.15) is 0 Å². The zero-order chi connectivity index (χ0) is 66.6. The fourth-order valence-electron chi connectivity index (χ4n) is 11.4. The van der Waals surface area contributed by atoms with Crippen LogP contribution in [0.25, 0.3) is 21.8 Å². The van der Waals surface area contributed by atoms with Gasteiger partial charge in [-0.3, -0.25) is 38.4 Å². The van der Waals surface area contributed by atoms with Gasteiger partial charge in [0.15, 0.2) is 29.7 Å². The Kier molecular flexibility index (Phi) is 28.1. The molecule has 5 N–H and O–H groups in total. The number of esters is 1. The number of rotatable bonds is 27. The second-order valence-electron chi connectivity index (χ2n) is 23.7. The first-order valence-electron chi connectivity index (χ1n) is 30.3. The molecule has 2 saturated carbocycles. The number of hydrogen-bond acceptors (Lipinski definition) is 13. The number of fused-ring (bicyclic) bond motifs is 2. The minimum absolute atomic E-state index is 0.00327. The maximum absolute atomic E-state index is 13.7. The van der Waals surface area contributed by atoms with Crippen molar-refractivity contribution >= 4 is 138 Å². The van der Waals surface area contributed by atoms with Crippen LogP contribution in [0.3, 0.4) is 0 Å². The number of carbonyl (C=O) groups excluding carboxylic acids is 9. The lowest BCUT2D eigenvalue weighted by molar-refractivity contribution is -0.133. The van der Waals surface area contributed by atoms with E-state index in [0.717, 1.165) is 53.9 Å². The van der Waals surface area contributed by atoms with Crippen molar-refractivity contribution in [2.24, 2.45) is 35.5 Å². The summed E-state index contributed by atoms with van der Waals surface area (Å²) in [6.07, 6.45) is 6.82. The first kappa shape index (κ1) is 73.0. The molecule has 18 nitrogen and oxygen atoms in total. The number of Topliss-reactive ketones (excluding diaryl/α,β-unsaturated/α-hetero) is 6. The fraction of sp³-hybridized carbons (Fsp3) is 0.441. The van der Waals surface area contributed by atoms with E-state index >= 15 is 0 Å². The van der Waals surface area contributed by atoms with Crippen molar-refractivity contribution in [1.29, 1.82) is 0 Å². The highest BCUT2D eigenvalue weighted by Crippen LogP contribution is 2.33. The molecule has 2 heterocycles. The summed E-state index contributed by atoms with van der Waals surface area (Å²) in [7, 11) is 3.13. The van der Waals surface area contributed by atoms with Gasteiger partial charge >= 0.3 is 11.9 Å². The Labute approximate surface area is 553 Å². The summed E-state index contributed by atoms with van der Waals surface area (Å²) < 4.78 is 16.0. The van der Waals surface area contributed by atoms with Crippen molar-refractivity contribution in [1.82, 2.24) is 20.6 Å². The standard InChI is InChI=1S/C34H38Cl2N2O7.C27H35ClN2O5.C7H4Cl2O2/c1-19(2)14-21(16-29(40)27-17-22-25(37-27)11-7-13-31(22)44-3)33(42)38-26(15-20-8-4-5-12-28(20)39)30(41)18-45-34(43)32-23(35)9-6-10-24(32)36;1-16(2)11-18(13-24(32)22-14-19-20(29-22)8-6-10-26(19)35-3)27(34)30-21(25(33)15-28)12-17-7-4-5-9-23(17)31;8-4-2-1-3-5(9)6(4)7(10)11/h6-7,9-11,13,17,19-21,26,37H,4-5,8,12,14-16,18H2,1-3H3,(H,38,42);6,8,10,14,16-18,21,29H,4-5,7,9,11-13,15H2,1-3H3,(H,30,34);1-3H,(H,10,11)/t20-,21+,26-;17-,18+,21-;/m00./s1. The summed E-state index contributed by atoms with van der Waals surface area (Å²) in [6.45, 7) is 7.21. The lowest BCUT2D eigenvalue weighted by Crippen LogP contribution is -2.47. The van der Waals surface area contributed by atoms with Crippen LogP contribution in [-0.4, -0.2) is 112 Å². The van der Waals surface area contributed by atoms with Crippen molar-refractivity contribution in [3.63, 3.8) is 0 Å². The summed E-state index contributed by atoms with van der Waals surface area (Å²) in [6, 6.07) is 21.6. The Morgan fingerprint density at radius 2 is 0.967 bits per heavy atom. The van der Waals surface area contributed by atoms with Gasteiger partial charge in [0.05, 0.1) is 74.8 Å². The number of carbonyl (C=O) groups is 10. The molecule has 0 saturated heterocycles. The number of alkyl halides is 1. The van der Waals surface area contributed by atoms with Crippen LogP contribution in [0.4, 0.5) is 0 Å². The molecule has 2 aliphatic carbocycles. The van der Waals surface area contributed by atoms with E-state index in [0.29, 0.717) is 55.0 Å². The molecule has 488 valence electrons. The quantitative estimate of drug-likeness (QED) is 0.0182. The van der Waals surface area contributed by atoms with Gasteiger partial charge in [0.1, 0.15) is 23.1 Å². The second kappa shape index (κ2) is 35.1. The lowest BCUT2D eigenvalue weighted by atomic mass is 9.82. The summed E-state index contributed by atoms with van der Waals surface area (Å²) in [5.41, 5.74) is 2.16. The number of ether oxygens (including phenoxy) is 3. The Bertz CT molecular complexity index is 3580. The van der Waals surface area contributed by atoms with E-state index in [1.807, 2.05) is 58.0 Å². The lowest BCUT2D eigenvalue weighted by Gasteiger charge is -2.27. The number of methoxy groups -OCH3 is 2. The van der Waals surface area contributed by atoms with Gasteiger partial charge in [-0.1, -0.05) is 111 Å². The molecule has 0 spiro atoms. The number of carboxylic acid groups (broad SMARTS) is 1. The van der Waals surface area contributed by atoms with Crippen molar-refractivity contribution in [2.45, 2.75) is 130 Å². The van der Waals surface area contributed by atoms with Crippen molar-refractivity contribution in [3.05, 3.63) is 128 Å². The Morgan fingerprint density at radius 3 is 1.33 bits per heavy atom. The van der Waals surface area contributed by atoms with E-state index in [9.17, 15) is 47.9 Å². The number of aromatic amines is 2. The van der Waals surface area contributed by atoms with Crippen LogP contribution < -0.4 is 20.1 Å². The molecule has 2 fully saturated rings. The van der Waals surface area contributed by atoms with Gasteiger partial charge < -0.3 is 39.9 Å². The van der Waals surface area contributed by atoms with E-state index in [-0.39, 0.29) is 115 Å². The Morgan fingerprint density at radius 1 is 0.571 bits per heavy atom. The molecule has 0 unspecified atom stereocenters. The maximum atomic E-state index is 13.7. The number of aromatic nitrogens is 2. The molecule has 6 atom stereocenters. The molecule has 4 aromatic carbocycles. The van der Waals surface area contributed by atoms with Gasteiger partial charge in [-0.25, -0.2) is 9.59 Å². The minimum Gasteiger partial charge on any atom is -0.496 e. The topological polar surface area (TPSA) is 274 Å². The highest BCUT2D eigenvalue weighted by atomic mass is 35.5. The first-order chi connectivity index (χ1) is 43.3. The van der Waals surface area contributed by atoms with Crippen LogP contribution in [0, 0.1) is 35.5 Å². The number of amides is 2. The average Bonchev–Trinajstić information content (AvgIpc) is 2.21. The summed E-state index contributed by atoms with van der Waals surface area (Å²) >= 11 is 29.2. The first-order valence-corrected chi connectivity index (χ1v) is 32.3.